The summed E-state index contributed by atoms with van der Waals surface area (Å²) in [5.74, 6) is -0.331. The summed E-state index contributed by atoms with van der Waals surface area (Å²) in [6, 6.07) is 19.0. The van der Waals surface area contributed by atoms with Crippen LogP contribution < -0.4 is 14.4 Å². The van der Waals surface area contributed by atoms with Crippen molar-refractivity contribution in [2.24, 2.45) is 0 Å². The lowest BCUT2D eigenvalue weighted by molar-refractivity contribution is -0.132. The summed E-state index contributed by atoms with van der Waals surface area (Å²) >= 11 is 11.1. The molecule has 40 heavy (non-hydrogen) atoms. The monoisotopic (exact) mass is 703 g/mol. The van der Waals surface area contributed by atoms with Gasteiger partial charge in [-0.15, -0.1) is 10.2 Å². The number of carbonyl (C=O) groups excluding carboxylic acids is 2. The number of ether oxygens (including phenoxy) is 2. The van der Waals surface area contributed by atoms with Crippen LogP contribution in [0.25, 0.3) is 5.76 Å². The van der Waals surface area contributed by atoms with Crippen molar-refractivity contribution in [2.45, 2.75) is 16.1 Å². The van der Waals surface area contributed by atoms with Gasteiger partial charge in [0.05, 0.1) is 11.6 Å². The molecule has 3 aromatic carbocycles. The summed E-state index contributed by atoms with van der Waals surface area (Å²) in [5, 5.41) is 20.9. The molecule has 6 rings (SSSR count). The van der Waals surface area contributed by atoms with Crippen molar-refractivity contribution in [2.75, 3.05) is 18.1 Å². The van der Waals surface area contributed by atoms with E-state index < -0.39 is 17.7 Å². The minimum atomic E-state index is -0.903. The zero-order valence-electron chi connectivity index (χ0n) is 20.5. The molecular weight excluding hydrogens is 685 g/mol. The average Bonchev–Trinajstić information content (AvgIpc) is 3.54. The van der Waals surface area contributed by atoms with Gasteiger partial charge in [0.1, 0.15) is 19.0 Å². The highest BCUT2D eigenvalue weighted by Crippen LogP contribution is 2.45. The van der Waals surface area contributed by atoms with Crippen molar-refractivity contribution >= 4 is 79.9 Å². The van der Waals surface area contributed by atoms with Crippen LogP contribution in [-0.4, -0.2) is 40.2 Å². The van der Waals surface area contributed by atoms with Gasteiger partial charge in [-0.1, -0.05) is 65.0 Å². The Labute approximate surface area is 256 Å². The van der Waals surface area contributed by atoms with Gasteiger partial charge in [0.2, 0.25) is 5.13 Å². The van der Waals surface area contributed by atoms with Crippen LogP contribution in [0, 0.1) is 3.57 Å². The number of hydrogen-bond donors (Lipinski definition) is 1. The van der Waals surface area contributed by atoms with Crippen molar-refractivity contribution in [3.63, 3.8) is 0 Å². The van der Waals surface area contributed by atoms with Crippen molar-refractivity contribution in [1.29, 1.82) is 0 Å². The van der Waals surface area contributed by atoms with E-state index in [2.05, 4.69) is 32.8 Å². The van der Waals surface area contributed by atoms with Crippen molar-refractivity contribution in [3.8, 4) is 11.5 Å². The number of Topliss-reactive ketones (excluding diaryl/α,β-unsaturated/α-hetero) is 1. The van der Waals surface area contributed by atoms with Gasteiger partial charge in [-0.3, -0.25) is 14.5 Å². The molecule has 1 aromatic heterocycles. The van der Waals surface area contributed by atoms with Gasteiger partial charge in [0.25, 0.3) is 5.78 Å². The van der Waals surface area contributed by atoms with Gasteiger partial charge in [0, 0.05) is 19.9 Å². The summed E-state index contributed by atoms with van der Waals surface area (Å²) in [6.07, 6.45) is 0. The number of thioether (sulfide) groups is 1. The largest absolute Gasteiger partial charge is 0.507 e. The van der Waals surface area contributed by atoms with E-state index >= 15 is 0 Å². The molecular formula is C28H19ClIN3O5S2. The molecule has 0 spiro atoms. The highest BCUT2D eigenvalue weighted by molar-refractivity contribution is 14.1. The molecule has 1 fully saturated rings. The van der Waals surface area contributed by atoms with E-state index in [1.54, 1.807) is 18.2 Å². The van der Waals surface area contributed by atoms with Gasteiger partial charge in [-0.25, -0.2) is 0 Å². The number of halogens is 2. The van der Waals surface area contributed by atoms with Crippen LogP contribution in [0.15, 0.2) is 76.6 Å². The average molecular weight is 704 g/mol. The van der Waals surface area contributed by atoms with Crippen LogP contribution in [0.2, 0.25) is 5.02 Å². The lowest BCUT2D eigenvalue weighted by Gasteiger charge is -2.23. The zero-order chi connectivity index (χ0) is 27.8. The molecule has 3 heterocycles. The fraction of sp³-hybridized carbons (Fsp3) is 0.143. The number of nitrogens with zero attached hydrogens (tertiary/aromatic N) is 3. The highest BCUT2D eigenvalue weighted by Gasteiger charge is 2.48. The number of rotatable bonds is 6. The second-order valence-electron chi connectivity index (χ2n) is 8.81. The van der Waals surface area contributed by atoms with E-state index in [0.29, 0.717) is 51.0 Å². The Kier molecular flexibility index (Phi) is 7.71. The Morgan fingerprint density at radius 3 is 2.58 bits per heavy atom. The molecule has 1 unspecified atom stereocenters. The van der Waals surface area contributed by atoms with Crippen LogP contribution in [0.5, 0.6) is 11.5 Å². The maximum absolute atomic E-state index is 13.5. The number of fused-ring (bicyclic) bond motifs is 1. The topological polar surface area (TPSA) is 102 Å². The van der Waals surface area contributed by atoms with Crippen LogP contribution in [0.1, 0.15) is 22.7 Å². The molecule has 1 saturated heterocycles. The molecule has 0 saturated carbocycles. The minimum absolute atomic E-state index is 0.0386. The summed E-state index contributed by atoms with van der Waals surface area (Å²) in [5.41, 5.74) is 1.90. The van der Waals surface area contributed by atoms with Gasteiger partial charge in [-0.2, -0.15) is 0 Å². The normalized spacial score (nSPS) is 17.9. The van der Waals surface area contributed by atoms with Crippen molar-refractivity contribution in [3.05, 3.63) is 97.6 Å². The summed E-state index contributed by atoms with van der Waals surface area (Å²) in [4.78, 5) is 28.2. The van der Waals surface area contributed by atoms with E-state index in [4.69, 9.17) is 21.1 Å². The Balaban J connectivity index is 1.39. The number of carbonyl (C=O) groups is 2. The van der Waals surface area contributed by atoms with E-state index in [1.807, 2.05) is 48.5 Å². The Hall–Kier alpha value is -3.13. The molecule has 0 aliphatic carbocycles. The number of anilines is 1. The van der Waals surface area contributed by atoms with Crippen molar-refractivity contribution in [1.82, 2.24) is 10.2 Å². The molecule has 2 aliphatic rings. The molecule has 1 amide bonds. The number of aromatic nitrogens is 2. The van der Waals surface area contributed by atoms with E-state index in [1.165, 1.54) is 28.0 Å². The molecule has 4 aromatic rings. The highest BCUT2D eigenvalue weighted by atomic mass is 127. The Morgan fingerprint density at radius 2 is 1.80 bits per heavy atom. The SMILES string of the molecule is O=C1C(=O)N(c2nnc(SCc3ccccc3Cl)s2)C(c2ccc(I)cc2)C1=C(O)c1ccc2c(c1)OCCO2. The first-order valence-corrected chi connectivity index (χ1v) is 15.3. The zero-order valence-corrected chi connectivity index (χ0v) is 25.1. The van der Waals surface area contributed by atoms with Crippen LogP contribution >= 0.6 is 57.3 Å². The summed E-state index contributed by atoms with van der Waals surface area (Å²) in [6.45, 7) is 0.800. The lowest BCUT2D eigenvalue weighted by Crippen LogP contribution is -2.29. The minimum Gasteiger partial charge on any atom is -0.507 e. The quantitative estimate of drug-likeness (QED) is 0.0608. The maximum Gasteiger partial charge on any atom is 0.301 e. The van der Waals surface area contributed by atoms with E-state index in [-0.39, 0.29) is 16.5 Å². The molecule has 12 heteroatoms. The molecule has 2 aliphatic heterocycles. The first-order chi connectivity index (χ1) is 19.4. The summed E-state index contributed by atoms with van der Waals surface area (Å²) in [7, 11) is 0. The first kappa shape index (κ1) is 27.1. The lowest BCUT2D eigenvalue weighted by atomic mass is 9.95. The smallest absolute Gasteiger partial charge is 0.301 e. The van der Waals surface area contributed by atoms with Crippen LogP contribution in [0.4, 0.5) is 5.13 Å². The fourth-order valence-electron chi connectivity index (χ4n) is 4.45. The van der Waals surface area contributed by atoms with Gasteiger partial charge in [0.15, 0.2) is 15.8 Å². The fourth-order valence-corrected chi connectivity index (χ4v) is 6.96. The third kappa shape index (κ3) is 5.18. The first-order valence-electron chi connectivity index (χ1n) is 12.1. The van der Waals surface area contributed by atoms with Crippen LogP contribution in [-0.2, 0) is 15.3 Å². The molecule has 202 valence electrons. The number of amides is 1. The molecule has 1 N–H and O–H groups in total. The van der Waals surface area contributed by atoms with E-state index in [9.17, 15) is 14.7 Å². The third-order valence-corrected chi connectivity index (χ3v) is 9.55. The predicted octanol–water partition coefficient (Wildman–Crippen LogP) is 6.49. The summed E-state index contributed by atoms with van der Waals surface area (Å²) < 4.78 is 12.8. The van der Waals surface area contributed by atoms with Gasteiger partial charge >= 0.3 is 5.91 Å². The molecule has 0 radical (unpaired) electrons. The molecule has 1 atom stereocenters. The van der Waals surface area contributed by atoms with Crippen LogP contribution in [0.3, 0.4) is 0 Å². The van der Waals surface area contributed by atoms with Gasteiger partial charge < -0.3 is 14.6 Å². The van der Waals surface area contributed by atoms with Crippen molar-refractivity contribution < 1.29 is 24.2 Å². The number of aliphatic hydroxyl groups is 1. The maximum atomic E-state index is 13.5. The molecule has 0 bridgehead atoms. The number of hydrogen-bond acceptors (Lipinski definition) is 9. The Morgan fingerprint density at radius 1 is 1.05 bits per heavy atom. The Bertz CT molecular complexity index is 1660. The van der Waals surface area contributed by atoms with Gasteiger partial charge in [-0.05, 0) is 70.1 Å². The second kappa shape index (κ2) is 11.4. The third-order valence-electron chi connectivity index (χ3n) is 6.36. The standard InChI is InChI=1S/C28H19ClIN3O5S2/c29-19-4-2-1-3-17(19)14-39-28-32-31-27(40-28)33-23(15-5-8-18(30)9-6-15)22(25(35)26(33)36)24(34)16-7-10-20-21(13-16)38-12-11-37-20/h1-10,13,23,34H,11-12,14H2. The number of ketones is 1. The number of aliphatic hydroxyl groups excluding tert-OH is 1. The number of benzene rings is 3. The van der Waals surface area contributed by atoms with E-state index in [0.717, 1.165) is 9.13 Å². The molecule has 8 nitrogen and oxygen atoms in total. The second-order valence-corrected chi connectivity index (χ2v) is 12.6. The predicted molar refractivity (Wildman–Crippen MR) is 162 cm³/mol.